The number of hydrogen-bond acceptors (Lipinski definition) is 6. The number of nitrogens with one attached hydrogen (secondary N) is 1. The number of carbonyl (C=O) groups excluding carboxylic acids is 3. The lowest BCUT2D eigenvalue weighted by molar-refractivity contribution is -0.125. The highest BCUT2D eigenvalue weighted by Gasteiger charge is 2.28. The van der Waals surface area contributed by atoms with Crippen LogP contribution >= 0.6 is 0 Å². The minimum absolute atomic E-state index is 0.118. The second kappa shape index (κ2) is 11.2. The summed E-state index contributed by atoms with van der Waals surface area (Å²) in [6, 6.07) is 12.5. The number of fused-ring (bicyclic) bond motifs is 1. The molecule has 2 aromatic carbocycles. The highest BCUT2D eigenvalue weighted by atomic mass is 16.5. The first-order chi connectivity index (χ1) is 16.5. The van der Waals surface area contributed by atoms with E-state index in [1.54, 1.807) is 18.2 Å². The number of ketones is 1. The number of aryl methyl sites for hydroxylation is 1. The van der Waals surface area contributed by atoms with Crippen LogP contribution in [0.15, 0.2) is 42.5 Å². The lowest BCUT2D eigenvalue weighted by Gasteiger charge is -2.29. The summed E-state index contributed by atoms with van der Waals surface area (Å²) in [6.45, 7) is 5.15. The molecule has 2 aliphatic heterocycles. The van der Waals surface area contributed by atoms with Gasteiger partial charge in [-0.2, -0.15) is 0 Å². The number of amides is 2. The fourth-order valence-corrected chi connectivity index (χ4v) is 4.20. The normalized spacial score (nSPS) is 15.6. The molecule has 34 heavy (non-hydrogen) atoms. The molecule has 0 radical (unpaired) electrons. The zero-order valence-electron chi connectivity index (χ0n) is 19.5. The Hall–Kier alpha value is -3.39. The van der Waals surface area contributed by atoms with Gasteiger partial charge in [-0.1, -0.05) is 19.1 Å². The van der Waals surface area contributed by atoms with E-state index >= 15 is 0 Å². The molecule has 0 aliphatic carbocycles. The largest absolute Gasteiger partial charge is 0.485 e. The first kappa shape index (κ1) is 23.8. The van der Waals surface area contributed by atoms with Gasteiger partial charge in [-0.3, -0.25) is 19.3 Å². The van der Waals surface area contributed by atoms with Gasteiger partial charge in [0, 0.05) is 18.7 Å². The summed E-state index contributed by atoms with van der Waals surface area (Å²) in [6.07, 6.45) is 3.28. The summed E-state index contributed by atoms with van der Waals surface area (Å²) in [7, 11) is 0. The van der Waals surface area contributed by atoms with Crippen molar-refractivity contribution in [3.05, 3.63) is 53.6 Å². The first-order valence-corrected chi connectivity index (χ1v) is 11.8. The summed E-state index contributed by atoms with van der Waals surface area (Å²) in [5.74, 6) is 0.322. The van der Waals surface area contributed by atoms with Gasteiger partial charge in [-0.05, 0) is 68.2 Å². The second-order valence-corrected chi connectivity index (χ2v) is 8.56. The summed E-state index contributed by atoms with van der Waals surface area (Å²) in [5, 5.41) is 2.89. The minimum Gasteiger partial charge on any atom is -0.485 e. The smallest absolute Gasteiger partial charge is 0.265 e. The molecule has 0 spiro atoms. The molecule has 2 aromatic rings. The lowest BCUT2D eigenvalue weighted by Crippen LogP contribution is -2.46. The number of rotatable bonds is 10. The van der Waals surface area contributed by atoms with Crippen LogP contribution in [0.1, 0.15) is 35.7 Å². The van der Waals surface area contributed by atoms with Crippen molar-refractivity contribution in [2.45, 2.75) is 26.2 Å². The standard InChI is InChI=1S/C26H31N3O5/c1-2-19-6-5-7-21(14-19)33-17-23(30)20-8-9-24-22(15-20)29(26(32)18-34-24)16-25(31)27-10-13-28-11-3-4-12-28/h5-9,14-15H,2-4,10-13,16-18H2,1H3,(H,27,31). The van der Waals surface area contributed by atoms with E-state index in [0.29, 0.717) is 29.3 Å². The fourth-order valence-electron chi connectivity index (χ4n) is 4.20. The van der Waals surface area contributed by atoms with E-state index in [0.717, 1.165) is 31.6 Å². The SMILES string of the molecule is CCc1cccc(OCC(=O)c2ccc3c(c2)N(CC(=O)NCCN2CCCC2)C(=O)CO3)c1. The average Bonchev–Trinajstić information content (AvgIpc) is 3.37. The molecule has 180 valence electrons. The second-order valence-electron chi connectivity index (χ2n) is 8.56. The summed E-state index contributed by atoms with van der Waals surface area (Å²) in [5.41, 5.74) is 1.94. The van der Waals surface area contributed by atoms with E-state index in [1.165, 1.54) is 17.7 Å². The Morgan fingerprint density at radius 3 is 2.74 bits per heavy atom. The van der Waals surface area contributed by atoms with Gasteiger partial charge in [-0.15, -0.1) is 0 Å². The highest BCUT2D eigenvalue weighted by Crippen LogP contribution is 2.33. The number of hydrogen-bond donors (Lipinski definition) is 1. The molecule has 2 aliphatic rings. The molecule has 4 rings (SSSR count). The quantitative estimate of drug-likeness (QED) is 0.543. The van der Waals surface area contributed by atoms with E-state index in [1.807, 2.05) is 24.3 Å². The summed E-state index contributed by atoms with van der Waals surface area (Å²) >= 11 is 0. The number of ether oxygens (including phenoxy) is 2. The molecule has 1 fully saturated rings. The van der Waals surface area contributed by atoms with Crippen molar-refractivity contribution in [1.29, 1.82) is 0 Å². The van der Waals surface area contributed by atoms with Crippen molar-refractivity contribution < 1.29 is 23.9 Å². The van der Waals surface area contributed by atoms with Crippen LogP contribution in [-0.4, -0.2) is 68.4 Å². The third kappa shape index (κ3) is 5.94. The molecule has 0 bridgehead atoms. The molecule has 1 saturated heterocycles. The molecule has 8 nitrogen and oxygen atoms in total. The fraction of sp³-hybridized carbons (Fsp3) is 0.423. The average molecular weight is 466 g/mol. The Kier molecular flexibility index (Phi) is 7.80. The van der Waals surface area contributed by atoms with Gasteiger partial charge < -0.3 is 19.7 Å². The van der Waals surface area contributed by atoms with Gasteiger partial charge >= 0.3 is 0 Å². The Labute approximate surface area is 199 Å². The third-order valence-corrected chi connectivity index (χ3v) is 6.15. The summed E-state index contributed by atoms with van der Waals surface area (Å²) in [4.78, 5) is 41.5. The van der Waals surface area contributed by atoms with Crippen molar-refractivity contribution in [2.75, 3.05) is 50.8 Å². The third-order valence-electron chi connectivity index (χ3n) is 6.15. The maximum Gasteiger partial charge on any atom is 0.265 e. The van der Waals surface area contributed by atoms with E-state index in [-0.39, 0.29) is 37.4 Å². The first-order valence-electron chi connectivity index (χ1n) is 11.8. The van der Waals surface area contributed by atoms with Crippen molar-refractivity contribution in [3.8, 4) is 11.5 Å². The highest BCUT2D eigenvalue weighted by molar-refractivity contribution is 6.04. The molecule has 0 atom stereocenters. The zero-order valence-corrected chi connectivity index (χ0v) is 19.5. The zero-order chi connectivity index (χ0) is 23.9. The molecule has 0 aromatic heterocycles. The van der Waals surface area contributed by atoms with Crippen molar-refractivity contribution in [1.82, 2.24) is 10.2 Å². The van der Waals surface area contributed by atoms with Crippen LogP contribution < -0.4 is 19.7 Å². The van der Waals surface area contributed by atoms with Crippen LogP contribution in [-0.2, 0) is 16.0 Å². The molecular weight excluding hydrogens is 434 g/mol. The molecule has 0 saturated carbocycles. The summed E-state index contributed by atoms with van der Waals surface area (Å²) < 4.78 is 11.2. The van der Waals surface area contributed by atoms with Crippen molar-refractivity contribution in [3.63, 3.8) is 0 Å². The van der Waals surface area contributed by atoms with E-state index in [9.17, 15) is 14.4 Å². The van der Waals surface area contributed by atoms with Gasteiger partial charge in [-0.25, -0.2) is 0 Å². The number of carbonyl (C=O) groups is 3. The van der Waals surface area contributed by atoms with Gasteiger partial charge in [0.2, 0.25) is 5.91 Å². The maximum atomic E-state index is 12.8. The lowest BCUT2D eigenvalue weighted by atomic mass is 10.1. The van der Waals surface area contributed by atoms with Crippen LogP contribution in [0.5, 0.6) is 11.5 Å². The van der Waals surface area contributed by atoms with Gasteiger partial charge in [0.1, 0.15) is 18.0 Å². The van der Waals surface area contributed by atoms with Crippen molar-refractivity contribution >= 4 is 23.3 Å². The van der Waals surface area contributed by atoms with Gasteiger partial charge in [0.05, 0.1) is 5.69 Å². The minimum atomic E-state index is -0.320. The number of nitrogens with zero attached hydrogens (tertiary/aromatic N) is 2. The van der Waals surface area contributed by atoms with Crippen molar-refractivity contribution in [2.24, 2.45) is 0 Å². The topological polar surface area (TPSA) is 88.2 Å². The van der Waals surface area contributed by atoms with E-state index in [2.05, 4.69) is 17.1 Å². The Morgan fingerprint density at radius 1 is 1.12 bits per heavy atom. The van der Waals surface area contributed by atoms with E-state index in [4.69, 9.17) is 9.47 Å². The number of anilines is 1. The van der Waals surface area contributed by atoms with Crippen LogP contribution in [0.3, 0.4) is 0 Å². The van der Waals surface area contributed by atoms with Gasteiger partial charge in [0.15, 0.2) is 19.0 Å². The van der Waals surface area contributed by atoms with Crippen LogP contribution in [0.25, 0.3) is 0 Å². The molecular formula is C26H31N3O5. The molecule has 0 unspecified atom stereocenters. The maximum absolute atomic E-state index is 12.8. The molecule has 2 amide bonds. The number of Topliss-reactive ketones (excluding diaryl/α,β-unsaturated/α-hetero) is 1. The van der Waals surface area contributed by atoms with Crippen LogP contribution in [0.4, 0.5) is 5.69 Å². The Balaban J connectivity index is 1.38. The number of benzene rings is 2. The predicted molar refractivity (Wildman–Crippen MR) is 129 cm³/mol. The monoisotopic (exact) mass is 465 g/mol. The van der Waals surface area contributed by atoms with E-state index < -0.39 is 0 Å². The number of likely N-dealkylation sites (tertiary alicyclic amines) is 1. The molecule has 1 N–H and O–H groups in total. The predicted octanol–water partition coefficient (Wildman–Crippen LogP) is 2.45. The molecule has 8 heteroatoms. The Bertz CT molecular complexity index is 1050. The van der Waals surface area contributed by atoms with Gasteiger partial charge in [0.25, 0.3) is 5.91 Å². The molecule has 2 heterocycles. The van der Waals surface area contributed by atoms with Crippen LogP contribution in [0.2, 0.25) is 0 Å². The van der Waals surface area contributed by atoms with Crippen LogP contribution in [0, 0.1) is 0 Å². The Morgan fingerprint density at radius 2 is 1.94 bits per heavy atom.